The molecule has 0 radical (unpaired) electrons. The van der Waals surface area contributed by atoms with Crippen molar-refractivity contribution in [3.05, 3.63) is 0 Å². The van der Waals surface area contributed by atoms with Crippen LogP contribution in [-0.4, -0.2) is 29.6 Å². The van der Waals surface area contributed by atoms with Crippen molar-refractivity contribution < 1.29 is 0 Å². The third kappa shape index (κ3) is 1.94. The average Bonchev–Trinajstić information content (AvgIpc) is 2.87. The molecule has 1 unspecified atom stereocenters. The predicted molar refractivity (Wildman–Crippen MR) is 64.8 cm³/mol. The van der Waals surface area contributed by atoms with Gasteiger partial charge in [-0.05, 0) is 38.1 Å². The summed E-state index contributed by atoms with van der Waals surface area (Å²) in [5.74, 6) is 0.788. The molecule has 2 fully saturated rings. The second-order valence-corrected chi connectivity index (χ2v) is 5.78. The lowest BCUT2D eigenvalue weighted by atomic mass is 9.91. The molecule has 1 aliphatic heterocycles. The van der Waals surface area contributed by atoms with E-state index >= 15 is 0 Å². The number of rotatable bonds is 3. The molecular weight excluding hydrogens is 184 g/mol. The smallest absolute Gasteiger partial charge is 0.0334 e. The average molecular weight is 210 g/mol. The molecule has 0 amide bonds. The summed E-state index contributed by atoms with van der Waals surface area (Å²) in [5, 5.41) is 0. The molecule has 15 heavy (non-hydrogen) atoms. The fraction of sp³-hybridized carbons (Fsp3) is 1.00. The van der Waals surface area contributed by atoms with Gasteiger partial charge in [-0.2, -0.15) is 0 Å². The molecular formula is C13H26N2. The molecule has 1 atom stereocenters. The second kappa shape index (κ2) is 4.42. The summed E-state index contributed by atoms with van der Waals surface area (Å²) in [6.45, 7) is 6.89. The van der Waals surface area contributed by atoms with Crippen molar-refractivity contribution in [2.24, 2.45) is 11.7 Å². The summed E-state index contributed by atoms with van der Waals surface area (Å²) in [6, 6.07) is 0.798. The minimum Gasteiger partial charge on any atom is -0.329 e. The van der Waals surface area contributed by atoms with Gasteiger partial charge < -0.3 is 5.73 Å². The van der Waals surface area contributed by atoms with E-state index in [4.69, 9.17) is 5.73 Å². The zero-order valence-corrected chi connectivity index (χ0v) is 10.3. The van der Waals surface area contributed by atoms with E-state index in [1.54, 1.807) is 0 Å². The number of hydrogen-bond acceptors (Lipinski definition) is 2. The molecule has 2 heteroatoms. The molecule has 0 spiro atoms. The summed E-state index contributed by atoms with van der Waals surface area (Å²) < 4.78 is 0. The summed E-state index contributed by atoms with van der Waals surface area (Å²) >= 11 is 0. The Hall–Kier alpha value is -0.0800. The van der Waals surface area contributed by atoms with Crippen LogP contribution >= 0.6 is 0 Å². The maximum Gasteiger partial charge on any atom is 0.0334 e. The molecule has 0 bridgehead atoms. The Balaban J connectivity index is 2.13. The molecule has 1 heterocycles. The van der Waals surface area contributed by atoms with Crippen LogP contribution in [0.15, 0.2) is 0 Å². The molecule has 88 valence electrons. The molecule has 0 aromatic rings. The highest BCUT2D eigenvalue weighted by Gasteiger charge is 2.44. The summed E-state index contributed by atoms with van der Waals surface area (Å²) in [5.41, 5.74) is 6.45. The van der Waals surface area contributed by atoms with Gasteiger partial charge in [-0.1, -0.05) is 26.7 Å². The molecule has 2 nitrogen and oxygen atoms in total. The van der Waals surface area contributed by atoms with Crippen molar-refractivity contribution >= 4 is 0 Å². The van der Waals surface area contributed by atoms with Gasteiger partial charge in [0.1, 0.15) is 0 Å². The zero-order chi connectivity index (χ0) is 10.9. The van der Waals surface area contributed by atoms with Crippen molar-refractivity contribution in [3.8, 4) is 0 Å². The van der Waals surface area contributed by atoms with E-state index in [1.807, 2.05) is 0 Å². The van der Waals surface area contributed by atoms with Crippen LogP contribution in [-0.2, 0) is 0 Å². The Labute approximate surface area is 94.2 Å². The van der Waals surface area contributed by atoms with E-state index < -0.39 is 0 Å². The maximum absolute atomic E-state index is 6.07. The highest BCUT2D eigenvalue weighted by Crippen LogP contribution is 2.40. The largest absolute Gasteiger partial charge is 0.329 e. The summed E-state index contributed by atoms with van der Waals surface area (Å²) in [7, 11) is 0. The van der Waals surface area contributed by atoms with Crippen molar-refractivity contribution in [2.75, 3.05) is 13.1 Å². The van der Waals surface area contributed by atoms with Gasteiger partial charge in [0.15, 0.2) is 0 Å². The number of likely N-dealkylation sites (tertiary alicyclic amines) is 1. The third-order valence-electron chi connectivity index (χ3n) is 4.59. The van der Waals surface area contributed by atoms with Crippen molar-refractivity contribution in [1.82, 2.24) is 4.90 Å². The molecule has 2 aliphatic rings. The Bertz CT molecular complexity index is 207. The quantitative estimate of drug-likeness (QED) is 0.775. The van der Waals surface area contributed by atoms with Crippen LogP contribution in [0.4, 0.5) is 0 Å². The van der Waals surface area contributed by atoms with Crippen LogP contribution in [0.5, 0.6) is 0 Å². The van der Waals surface area contributed by atoms with Crippen molar-refractivity contribution in [3.63, 3.8) is 0 Å². The zero-order valence-electron chi connectivity index (χ0n) is 10.3. The van der Waals surface area contributed by atoms with Crippen LogP contribution in [0.3, 0.4) is 0 Å². The van der Waals surface area contributed by atoms with Gasteiger partial charge in [-0.3, -0.25) is 4.90 Å². The Morgan fingerprint density at radius 2 is 1.93 bits per heavy atom. The van der Waals surface area contributed by atoms with Gasteiger partial charge in [0.25, 0.3) is 0 Å². The van der Waals surface area contributed by atoms with Gasteiger partial charge in [0.05, 0.1) is 0 Å². The summed E-state index contributed by atoms with van der Waals surface area (Å²) in [4.78, 5) is 2.77. The normalized spacial score (nSPS) is 31.6. The fourth-order valence-electron chi connectivity index (χ4n) is 3.72. The van der Waals surface area contributed by atoms with E-state index in [9.17, 15) is 0 Å². The predicted octanol–water partition coefficient (Wildman–Crippen LogP) is 2.38. The van der Waals surface area contributed by atoms with E-state index in [2.05, 4.69) is 18.7 Å². The van der Waals surface area contributed by atoms with Gasteiger partial charge in [0, 0.05) is 18.1 Å². The topological polar surface area (TPSA) is 29.3 Å². The lowest BCUT2D eigenvalue weighted by Gasteiger charge is -2.43. The summed E-state index contributed by atoms with van der Waals surface area (Å²) in [6.07, 6.45) is 8.22. The van der Waals surface area contributed by atoms with Crippen LogP contribution in [0, 0.1) is 5.92 Å². The van der Waals surface area contributed by atoms with Crippen LogP contribution in [0.2, 0.25) is 0 Å². The number of nitrogens with two attached hydrogens (primary N) is 1. The number of hydrogen-bond donors (Lipinski definition) is 1. The SMILES string of the molecule is CC(C)C1CCCN1C1(CN)CCCC1. The first-order chi connectivity index (χ1) is 7.19. The van der Waals surface area contributed by atoms with Gasteiger partial charge >= 0.3 is 0 Å². The van der Waals surface area contributed by atoms with Crippen LogP contribution < -0.4 is 5.73 Å². The molecule has 0 aromatic heterocycles. The molecule has 1 saturated heterocycles. The van der Waals surface area contributed by atoms with Crippen LogP contribution in [0.25, 0.3) is 0 Å². The highest BCUT2D eigenvalue weighted by atomic mass is 15.3. The standard InChI is InChI=1S/C13H26N2/c1-11(2)12-6-5-9-15(12)13(10-14)7-3-4-8-13/h11-12H,3-10,14H2,1-2H3. The van der Waals surface area contributed by atoms with Crippen molar-refractivity contribution in [2.45, 2.75) is 64.0 Å². The lowest BCUT2D eigenvalue weighted by Crippen LogP contribution is -2.55. The lowest BCUT2D eigenvalue weighted by molar-refractivity contribution is 0.0644. The molecule has 0 aromatic carbocycles. The van der Waals surface area contributed by atoms with Crippen LogP contribution in [0.1, 0.15) is 52.4 Å². The maximum atomic E-state index is 6.07. The van der Waals surface area contributed by atoms with E-state index in [1.165, 1.54) is 45.1 Å². The third-order valence-corrected chi connectivity index (χ3v) is 4.59. The van der Waals surface area contributed by atoms with E-state index in [-0.39, 0.29) is 0 Å². The molecule has 1 saturated carbocycles. The molecule has 2 N–H and O–H groups in total. The first kappa shape index (κ1) is 11.4. The van der Waals surface area contributed by atoms with E-state index in [0.717, 1.165) is 18.5 Å². The van der Waals surface area contributed by atoms with E-state index in [0.29, 0.717) is 5.54 Å². The molecule has 2 rings (SSSR count). The number of nitrogens with zero attached hydrogens (tertiary/aromatic N) is 1. The monoisotopic (exact) mass is 210 g/mol. The Morgan fingerprint density at radius 1 is 1.27 bits per heavy atom. The van der Waals surface area contributed by atoms with Gasteiger partial charge in [0.2, 0.25) is 0 Å². The first-order valence-corrected chi connectivity index (χ1v) is 6.66. The van der Waals surface area contributed by atoms with Gasteiger partial charge in [-0.25, -0.2) is 0 Å². The Morgan fingerprint density at radius 3 is 2.47 bits per heavy atom. The molecule has 1 aliphatic carbocycles. The first-order valence-electron chi connectivity index (χ1n) is 6.66. The minimum absolute atomic E-state index is 0.380. The van der Waals surface area contributed by atoms with Crippen molar-refractivity contribution in [1.29, 1.82) is 0 Å². The minimum atomic E-state index is 0.380. The fourth-order valence-corrected chi connectivity index (χ4v) is 3.72. The highest BCUT2D eigenvalue weighted by molar-refractivity contribution is 5.01. The van der Waals surface area contributed by atoms with Gasteiger partial charge in [-0.15, -0.1) is 0 Å². The Kier molecular flexibility index (Phi) is 3.36. The second-order valence-electron chi connectivity index (χ2n) is 5.78.